The first-order valence-corrected chi connectivity index (χ1v) is 4.14. The number of nitrogen functional groups attached to an aromatic ring is 2. The van der Waals surface area contributed by atoms with Crippen LogP contribution in [0.25, 0.3) is 11.2 Å². The van der Waals surface area contributed by atoms with Crippen LogP contribution in [0.5, 0.6) is 0 Å². The van der Waals surface area contributed by atoms with Gasteiger partial charge in [-0.15, -0.1) is 0 Å². The minimum Gasteiger partial charge on any atom is -0.382 e. The Morgan fingerprint density at radius 3 is 2.60 bits per heavy atom. The predicted molar refractivity (Wildman–Crippen MR) is 54.0 cm³/mol. The normalized spacial score (nSPS) is 10.5. The lowest BCUT2D eigenvalue weighted by Crippen LogP contribution is -2.08. The van der Waals surface area contributed by atoms with Crippen LogP contribution < -0.4 is 11.5 Å². The molecule has 0 unspecified atom stereocenters. The lowest BCUT2D eigenvalue weighted by Gasteiger charge is -2.03. The van der Waals surface area contributed by atoms with Crippen molar-refractivity contribution in [1.82, 2.24) is 19.9 Å². The molecule has 2 heterocycles. The van der Waals surface area contributed by atoms with Gasteiger partial charge in [0.05, 0.1) is 0 Å². The van der Waals surface area contributed by atoms with Gasteiger partial charge in [-0.25, -0.2) is 19.9 Å². The number of anilines is 2. The quantitative estimate of drug-likeness (QED) is 0.616. The lowest BCUT2D eigenvalue weighted by molar-refractivity contribution is 0.101. The minimum atomic E-state index is -0.273. The van der Waals surface area contributed by atoms with Gasteiger partial charge in [0.15, 0.2) is 28.6 Å². The Balaban J connectivity index is 2.83. The maximum absolute atomic E-state index is 11.2. The van der Waals surface area contributed by atoms with Crippen LogP contribution >= 0.6 is 0 Å². The van der Waals surface area contributed by atoms with E-state index in [9.17, 15) is 4.79 Å². The maximum atomic E-state index is 11.2. The molecule has 0 saturated carbocycles. The highest BCUT2D eigenvalue weighted by molar-refractivity contribution is 5.98. The Kier molecular flexibility index (Phi) is 1.93. The number of carbonyl (C=O) groups excluding carboxylic acids is 1. The molecule has 7 nitrogen and oxygen atoms in total. The van der Waals surface area contributed by atoms with E-state index in [1.54, 1.807) is 0 Å². The van der Waals surface area contributed by atoms with E-state index in [4.69, 9.17) is 11.5 Å². The molecule has 7 heteroatoms. The van der Waals surface area contributed by atoms with Gasteiger partial charge in [-0.3, -0.25) is 4.79 Å². The maximum Gasteiger partial charge on any atom is 0.185 e. The first-order chi connectivity index (χ1) is 7.09. The topological polar surface area (TPSA) is 121 Å². The number of aromatic nitrogens is 4. The Bertz CT molecular complexity index is 552. The second-order valence-electron chi connectivity index (χ2n) is 2.94. The summed E-state index contributed by atoms with van der Waals surface area (Å²) in [6, 6.07) is 0. The zero-order valence-corrected chi connectivity index (χ0v) is 7.93. The number of fused-ring (bicyclic) bond motifs is 1. The largest absolute Gasteiger partial charge is 0.382 e. The first kappa shape index (κ1) is 9.25. The molecule has 15 heavy (non-hydrogen) atoms. The molecule has 0 fully saturated rings. The van der Waals surface area contributed by atoms with Crippen molar-refractivity contribution in [2.24, 2.45) is 0 Å². The number of rotatable bonds is 1. The van der Waals surface area contributed by atoms with Crippen molar-refractivity contribution in [2.45, 2.75) is 6.92 Å². The summed E-state index contributed by atoms with van der Waals surface area (Å²) < 4.78 is 0. The molecule has 2 aromatic rings. The third-order valence-corrected chi connectivity index (χ3v) is 1.86. The summed E-state index contributed by atoms with van der Waals surface area (Å²) in [6.45, 7) is 1.35. The summed E-state index contributed by atoms with van der Waals surface area (Å²) in [5.41, 5.74) is 11.8. The number of hydrogen-bond acceptors (Lipinski definition) is 7. The average molecular weight is 204 g/mol. The molecular weight excluding hydrogens is 196 g/mol. The van der Waals surface area contributed by atoms with Gasteiger partial charge >= 0.3 is 0 Å². The molecule has 0 amide bonds. The Morgan fingerprint density at radius 2 is 1.93 bits per heavy atom. The van der Waals surface area contributed by atoms with Gasteiger partial charge in [0.1, 0.15) is 12.0 Å². The third-order valence-electron chi connectivity index (χ3n) is 1.86. The highest BCUT2D eigenvalue weighted by Gasteiger charge is 2.12. The van der Waals surface area contributed by atoms with Gasteiger partial charge in [0, 0.05) is 6.92 Å². The van der Waals surface area contributed by atoms with Crippen LogP contribution in [0.4, 0.5) is 11.6 Å². The highest BCUT2D eigenvalue weighted by Crippen LogP contribution is 2.16. The van der Waals surface area contributed by atoms with Crippen molar-refractivity contribution >= 4 is 28.6 Å². The van der Waals surface area contributed by atoms with Crippen LogP contribution in [-0.2, 0) is 0 Å². The SMILES string of the molecule is CC(=O)c1nc2c(N)ncnc2nc1N. The summed E-state index contributed by atoms with van der Waals surface area (Å²) >= 11 is 0. The van der Waals surface area contributed by atoms with Gasteiger partial charge < -0.3 is 11.5 Å². The zero-order chi connectivity index (χ0) is 11.0. The molecule has 0 saturated heterocycles. The average Bonchev–Trinajstić information content (AvgIpc) is 2.16. The number of nitrogens with zero attached hydrogens (tertiary/aromatic N) is 4. The van der Waals surface area contributed by atoms with E-state index < -0.39 is 0 Å². The molecule has 0 aliphatic rings. The van der Waals surface area contributed by atoms with Crippen LogP contribution in [0.15, 0.2) is 6.33 Å². The van der Waals surface area contributed by atoms with Crippen molar-refractivity contribution in [3.63, 3.8) is 0 Å². The molecule has 0 spiro atoms. The van der Waals surface area contributed by atoms with Gasteiger partial charge in [-0.05, 0) is 0 Å². The molecule has 0 radical (unpaired) electrons. The van der Waals surface area contributed by atoms with E-state index in [0.29, 0.717) is 0 Å². The van der Waals surface area contributed by atoms with E-state index in [1.807, 2.05) is 0 Å². The fraction of sp³-hybridized carbons (Fsp3) is 0.125. The van der Waals surface area contributed by atoms with E-state index in [-0.39, 0.29) is 34.3 Å². The fourth-order valence-electron chi connectivity index (χ4n) is 1.17. The Labute approximate surface area is 84.6 Å². The summed E-state index contributed by atoms with van der Waals surface area (Å²) in [7, 11) is 0. The minimum absolute atomic E-state index is 0.0492. The van der Waals surface area contributed by atoms with Gasteiger partial charge in [0.25, 0.3) is 0 Å². The van der Waals surface area contributed by atoms with E-state index in [1.165, 1.54) is 13.3 Å². The van der Waals surface area contributed by atoms with Crippen LogP contribution in [-0.4, -0.2) is 25.7 Å². The Morgan fingerprint density at radius 1 is 1.20 bits per heavy atom. The molecule has 2 rings (SSSR count). The lowest BCUT2D eigenvalue weighted by atomic mass is 10.3. The molecule has 76 valence electrons. The molecule has 2 aromatic heterocycles. The Hall–Kier alpha value is -2.31. The summed E-state index contributed by atoms with van der Waals surface area (Å²) in [6.07, 6.45) is 1.26. The highest BCUT2D eigenvalue weighted by atomic mass is 16.1. The van der Waals surface area contributed by atoms with Crippen LogP contribution in [0, 0.1) is 0 Å². The van der Waals surface area contributed by atoms with Gasteiger partial charge in [0.2, 0.25) is 0 Å². The first-order valence-electron chi connectivity index (χ1n) is 4.14. The fourth-order valence-corrected chi connectivity index (χ4v) is 1.17. The van der Waals surface area contributed by atoms with Crippen LogP contribution in [0.1, 0.15) is 17.4 Å². The van der Waals surface area contributed by atoms with E-state index in [2.05, 4.69) is 19.9 Å². The van der Waals surface area contributed by atoms with Crippen LogP contribution in [0.2, 0.25) is 0 Å². The molecule has 0 bridgehead atoms. The zero-order valence-electron chi connectivity index (χ0n) is 7.93. The summed E-state index contributed by atoms with van der Waals surface area (Å²) in [4.78, 5) is 26.7. The standard InChI is InChI=1S/C8H8N6O/c1-3(15)4-7(10)14-8-5(13-4)6(9)11-2-12-8/h2H,1H3,(H4,9,10,11,12,14). The monoisotopic (exact) mass is 204 g/mol. The van der Waals surface area contributed by atoms with Crippen molar-refractivity contribution in [3.8, 4) is 0 Å². The number of carbonyl (C=O) groups is 1. The van der Waals surface area contributed by atoms with Crippen molar-refractivity contribution in [1.29, 1.82) is 0 Å². The summed E-state index contributed by atoms with van der Waals surface area (Å²) in [5.74, 6) is -0.0479. The van der Waals surface area contributed by atoms with Crippen LogP contribution in [0.3, 0.4) is 0 Å². The second kappa shape index (κ2) is 3.12. The number of hydrogen-bond donors (Lipinski definition) is 2. The molecule has 0 aromatic carbocycles. The molecule has 0 aliphatic carbocycles. The van der Waals surface area contributed by atoms with Gasteiger partial charge in [-0.2, -0.15) is 0 Å². The number of nitrogens with two attached hydrogens (primary N) is 2. The number of Topliss-reactive ketones (excluding diaryl/α,β-unsaturated/α-hetero) is 1. The van der Waals surface area contributed by atoms with Gasteiger partial charge in [-0.1, -0.05) is 0 Å². The second-order valence-corrected chi connectivity index (χ2v) is 2.94. The van der Waals surface area contributed by atoms with E-state index >= 15 is 0 Å². The number of ketones is 1. The molecule has 0 atom stereocenters. The molecule has 0 aliphatic heterocycles. The molecular formula is C8H8N6O. The predicted octanol–water partition coefficient (Wildman–Crippen LogP) is -0.213. The van der Waals surface area contributed by atoms with E-state index in [0.717, 1.165) is 0 Å². The smallest absolute Gasteiger partial charge is 0.185 e. The molecule has 4 N–H and O–H groups in total. The summed E-state index contributed by atoms with van der Waals surface area (Å²) in [5, 5.41) is 0. The van der Waals surface area contributed by atoms with Crippen molar-refractivity contribution < 1.29 is 4.79 Å². The van der Waals surface area contributed by atoms with Crippen molar-refractivity contribution in [2.75, 3.05) is 11.5 Å². The van der Waals surface area contributed by atoms with Crippen molar-refractivity contribution in [3.05, 3.63) is 12.0 Å². The third kappa shape index (κ3) is 1.43.